The van der Waals surface area contributed by atoms with Crippen LogP contribution in [0.3, 0.4) is 0 Å². The van der Waals surface area contributed by atoms with E-state index < -0.39 is 12.0 Å². The number of nitrogens with zero attached hydrogens (tertiary/aromatic N) is 2. The maximum Gasteiger partial charge on any atom is 0.320 e. The molecule has 2 N–H and O–H groups in total. The maximum absolute atomic E-state index is 12.2. The number of amides is 1. The monoisotopic (exact) mass is 341 g/mol. The van der Waals surface area contributed by atoms with Gasteiger partial charge in [0, 0.05) is 32.2 Å². The predicted molar refractivity (Wildman–Crippen MR) is 90.9 cm³/mol. The lowest BCUT2D eigenvalue weighted by atomic mass is 10.2. The molecule has 138 valence electrons. The largest absolute Gasteiger partial charge is 0.480 e. The van der Waals surface area contributed by atoms with E-state index in [4.69, 9.17) is 4.74 Å². The summed E-state index contributed by atoms with van der Waals surface area (Å²) in [6.45, 7) is 10.2. The molecule has 1 aliphatic heterocycles. The van der Waals surface area contributed by atoms with E-state index in [0.717, 1.165) is 32.5 Å². The smallest absolute Gasteiger partial charge is 0.320 e. The number of carbonyl (C=O) groups is 2. The molecule has 7 heteroatoms. The minimum absolute atomic E-state index is 0.00715. The third-order valence-corrected chi connectivity index (χ3v) is 4.57. The molecule has 2 rings (SSSR count). The molecule has 2 unspecified atom stereocenters. The van der Waals surface area contributed by atoms with Crippen molar-refractivity contribution in [3.05, 3.63) is 0 Å². The van der Waals surface area contributed by atoms with Gasteiger partial charge >= 0.3 is 5.97 Å². The van der Waals surface area contributed by atoms with Crippen LogP contribution in [0.25, 0.3) is 0 Å². The van der Waals surface area contributed by atoms with E-state index >= 15 is 0 Å². The van der Waals surface area contributed by atoms with Crippen molar-refractivity contribution in [2.45, 2.75) is 51.8 Å². The summed E-state index contributed by atoms with van der Waals surface area (Å²) in [5, 5.41) is 12.1. The van der Waals surface area contributed by atoms with Gasteiger partial charge < -0.3 is 15.2 Å². The SMILES string of the molecule is CC(C)CN1CCOC(CNC(=O)CN(C2CC2)C(C)C(=O)O)C1. The number of ether oxygens (including phenoxy) is 1. The second-order valence-corrected chi connectivity index (χ2v) is 7.37. The number of carboxylic acid groups (broad SMARTS) is 1. The molecular formula is C17H31N3O4. The first-order valence-corrected chi connectivity index (χ1v) is 8.96. The van der Waals surface area contributed by atoms with E-state index in [-0.39, 0.29) is 24.6 Å². The van der Waals surface area contributed by atoms with Crippen LogP contribution in [0.2, 0.25) is 0 Å². The molecule has 0 aromatic carbocycles. The Bertz CT molecular complexity index is 440. The molecule has 2 fully saturated rings. The zero-order valence-corrected chi connectivity index (χ0v) is 15.0. The first-order chi connectivity index (χ1) is 11.4. The zero-order valence-electron chi connectivity index (χ0n) is 15.0. The third kappa shape index (κ3) is 6.03. The van der Waals surface area contributed by atoms with Gasteiger partial charge in [-0.3, -0.25) is 19.4 Å². The number of rotatable bonds is 9. The van der Waals surface area contributed by atoms with Gasteiger partial charge in [0.2, 0.25) is 5.91 Å². The predicted octanol–water partition coefficient (Wildman–Crippen LogP) is 0.397. The minimum Gasteiger partial charge on any atom is -0.480 e. The average Bonchev–Trinajstić information content (AvgIpc) is 3.34. The van der Waals surface area contributed by atoms with Crippen molar-refractivity contribution in [2.24, 2.45) is 5.92 Å². The number of carboxylic acids is 1. The van der Waals surface area contributed by atoms with Crippen LogP contribution in [0.4, 0.5) is 0 Å². The molecule has 0 spiro atoms. The quantitative estimate of drug-likeness (QED) is 0.632. The summed E-state index contributed by atoms with van der Waals surface area (Å²) >= 11 is 0. The summed E-state index contributed by atoms with van der Waals surface area (Å²) in [6, 6.07) is -0.398. The van der Waals surface area contributed by atoms with Gasteiger partial charge in [-0.1, -0.05) is 13.8 Å². The number of aliphatic carboxylic acids is 1. The van der Waals surface area contributed by atoms with E-state index in [1.54, 1.807) is 11.8 Å². The van der Waals surface area contributed by atoms with Crippen molar-refractivity contribution in [3.8, 4) is 0 Å². The number of carbonyl (C=O) groups excluding carboxylic acids is 1. The van der Waals surface area contributed by atoms with Gasteiger partial charge in [-0.15, -0.1) is 0 Å². The van der Waals surface area contributed by atoms with Gasteiger partial charge in [-0.25, -0.2) is 0 Å². The highest BCUT2D eigenvalue weighted by atomic mass is 16.5. The van der Waals surface area contributed by atoms with Crippen LogP contribution in [0.5, 0.6) is 0 Å². The van der Waals surface area contributed by atoms with Crippen molar-refractivity contribution in [1.29, 1.82) is 0 Å². The van der Waals surface area contributed by atoms with Crippen molar-refractivity contribution in [3.63, 3.8) is 0 Å². The van der Waals surface area contributed by atoms with E-state index in [9.17, 15) is 14.7 Å². The Kier molecular flexibility index (Phi) is 7.01. The van der Waals surface area contributed by atoms with Crippen LogP contribution in [-0.4, -0.2) is 84.3 Å². The Morgan fingerprint density at radius 1 is 1.33 bits per heavy atom. The van der Waals surface area contributed by atoms with Crippen LogP contribution in [0, 0.1) is 5.92 Å². The summed E-state index contributed by atoms with van der Waals surface area (Å²) in [5.41, 5.74) is 0. The van der Waals surface area contributed by atoms with Crippen LogP contribution >= 0.6 is 0 Å². The van der Waals surface area contributed by atoms with Crippen LogP contribution < -0.4 is 5.32 Å². The summed E-state index contributed by atoms with van der Waals surface area (Å²) in [7, 11) is 0. The molecule has 7 nitrogen and oxygen atoms in total. The van der Waals surface area contributed by atoms with E-state index in [0.29, 0.717) is 19.1 Å². The van der Waals surface area contributed by atoms with Gasteiger partial charge in [0.05, 0.1) is 19.3 Å². The van der Waals surface area contributed by atoms with Crippen molar-refractivity contribution >= 4 is 11.9 Å². The number of nitrogens with one attached hydrogen (secondary N) is 1. The van der Waals surface area contributed by atoms with E-state index in [1.807, 2.05) is 0 Å². The number of hydrogen-bond donors (Lipinski definition) is 2. The summed E-state index contributed by atoms with van der Waals surface area (Å²) in [4.78, 5) is 27.5. The molecule has 1 amide bonds. The van der Waals surface area contributed by atoms with Gasteiger partial charge in [0.1, 0.15) is 6.04 Å². The van der Waals surface area contributed by atoms with Crippen LogP contribution in [-0.2, 0) is 14.3 Å². The van der Waals surface area contributed by atoms with Crippen molar-refractivity contribution in [2.75, 3.05) is 39.3 Å². The molecule has 1 aliphatic carbocycles. The summed E-state index contributed by atoms with van der Waals surface area (Å²) < 4.78 is 5.73. The molecule has 1 saturated carbocycles. The highest BCUT2D eigenvalue weighted by Gasteiger charge is 2.36. The summed E-state index contributed by atoms with van der Waals surface area (Å²) in [6.07, 6.45) is 1.95. The molecule has 0 radical (unpaired) electrons. The van der Waals surface area contributed by atoms with Crippen molar-refractivity contribution in [1.82, 2.24) is 15.1 Å². The average molecular weight is 341 g/mol. The second-order valence-electron chi connectivity index (χ2n) is 7.37. The van der Waals surface area contributed by atoms with Gasteiger partial charge in [0.15, 0.2) is 0 Å². The molecule has 1 heterocycles. The highest BCUT2D eigenvalue weighted by Crippen LogP contribution is 2.28. The molecule has 1 saturated heterocycles. The van der Waals surface area contributed by atoms with Gasteiger partial charge in [-0.05, 0) is 25.7 Å². The lowest BCUT2D eigenvalue weighted by Gasteiger charge is -2.34. The first-order valence-electron chi connectivity index (χ1n) is 8.96. The highest BCUT2D eigenvalue weighted by molar-refractivity contribution is 5.80. The van der Waals surface area contributed by atoms with E-state index in [1.165, 1.54) is 0 Å². The summed E-state index contributed by atoms with van der Waals surface area (Å²) in [5.74, 6) is -0.392. The molecule has 0 bridgehead atoms. The molecule has 2 atom stereocenters. The van der Waals surface area contributed by atoms with Gasteiger partial charge in [-0.2, -0.15) is 0 Å². The Morgan fingerprint density at radius 2 is 2.04 bits per heavy atom. The fourth-order valence-electron chi connectivity index (χ4n) is 3.17. The normalized spacial score (nSPS) is 23.5. The lowest BCUT2D eigenvalue weighted by Crippen LogP contribution is -2.51. The Hall–Kier alpha value is -1.18. The fraction of sp³-hybridized carbons (Fsp3) is 0.882. The number of morpholine rings is 1. The second kappa shape index (κ2) is 8.78. The molecule has 2 aliphatic rings. The Labute approximate surface area is 144 Å². The maximum atomic E-state index is 12.2. The Morgan fingerprint density at radius 3 is 2.62 bits per heavy atom. The van der Waals surface area contributed by atoms with E-state index in [2.05, 4.69) is 24.1 Å². The molecular weight excluding hydrogens is 310 g/mol. The number of hydrogen-bond acceptors (Lipinski definition) is 5. The van der Waals surface area contributed by atoms with Crippen molar-refractivity contribution < 1.29 is 19.4 Å². The minimum atomic E-state index is -0.880. The third-order valence-electron chi connectivity index (χ3n) is 4.57. The molecule has 0 aromatic rings. The first kappa shape index (κ1) is 19.1. The topological polar surface area (TPSA) is 82.1 Å². The van der Waals surface area contributed by atoms with Gasteiger partial charge in [0.25, 0.3) is 0 Å². The lowest BCUT2D eigenvalue weighted by molar-refractivity contribution is -0.143. The Balaban J connectivity index is 1.74. The zero-order chi connectivity index (χ0) is 17.7. The molecule has 0 aromatic heterocycles. The fourth-order valence-corrected chi connectivity index (χ4v) is 3.17. The van der Waals surface area contributed by atoms with Crippen LogP contribution in [0.1, 0.15) is 33.6 Å². The molecule has 24 heavy (non-hydrogen) atoms. The van der Waals surface area contributed by atoms with Crippen LogP contribution in [0.15, 0.2) is 0 Å². The standard InChI is InChI=1S/C17H31N3O4/c1-12(2)9-19-6-7-24-15(10-19)8-18-16(21)11-20(14-4-5-14)13(3)17(22)23/h12-15H,4-11H2,1-3H3,(H,18,21)(H,22,23).